The Morgan fingerprint density at radius 2 is 1.02 bits per heavy atom. The van der Waals surface area contributed by atoms with E-state index in [1.807, 2.05) is 36.4 Å². The Kier molecular flexibility index (Phi) is 8.58. The lowest BCUT2D eigenvalue weighted by molar-refractivity contribution is 0.674. The van der Waals surface area contributed by atoms with Gasteiger partial charge in [-0.15, -0.1) is 0 Å². The first kappa shape index (κ1) is 32.2. The Labute approximate surface area is 311 Å². The van der Waals surface area contributed by atoms with Crippen LogP contribution in [0.5, 0.6) is 0 Å². The fourth-order valence-electron chi connectivity index (χ4n) is 7.31. The molecule has 256 valence electrons. The number of hydrogen-bond acceptors (Lipinski definition) is 5. The summed E-state index contributed by atoms with van der Waals surface area (Å²) in [6.07, 6.45) is 1.05. The summed E-state index contributed by atoms with van der Waals surface area (Å²) in [5, 5.41) is 7.23. The van der Waals surface area contributed by atoms with Crippen molar-refractivity contribution in [2.24, 2.45) is 9.98 Å². The fraction of sp³-hybridized carbons (Fsp3) is 0.0833. The van der Waals surface area contributed by atoms with Crippen LogP contribution in [0.15, 0.2) is 192 Å². The number of para-hydroxylation sites is 2. The highest BCUT2D eigenvalue weighted by atomic mass is 15.3. The molecule has 0 aromatic heterocycles. The van der Waals surface area contributed by atoms with Crippen molar-refractivity contribution in [1.82, 2.24) is 5.32 Å². The van der Waals surface area contributed by atoms with E-state index in [0.29, 0.717) is 0 Å². The minimum atomic E-state index is -0.222. The van der Waals surface area contributed by atoms with Crippen molar-refractivity contribution in [1.29, 1.82) is 0 Å². The molecule has 5 nitrogen and oxygen atoms in total. The van der Waals surface area contributed by atoms with Gasteiger partial charge in [0.1, 0.15) is 18.2 Å². The molecule has 5 heteroatoms. The van der Waals surface area contributed by atoms with E-state index >= 15 is 0 Å². The maximum Gasteiger partial charge on any atom is 0.159 e. The molecule has 2 aliphatic rings. The average molecular weight is 686 g/mol. The van der Waals surface area contributed by atoms with Crippen LogP contribution < -0.4 is 15.5 Å². The standard InChI is InChI=1S/C48H39N5/c1-2-45-49-43-18-9-10-19-44(43)53(45)42-30-28-34(29-31-42)33-20-22-35(23-21-33)40-16-11-17-41(32-40)36-24-26-39(27-25-36)48-51-46(37-12-5-3-6-13-37)50-47(52-48)38-14-7-4-8-15-38/h3-32,45-46,49H,2H2,1H3,(H,50,51,52). The van der Waals surface area contributed by atoms with E-state index < -0.39 is 0 Å². The summed E-state index contributed by atoms with van der Waals surface area (Å²) in [5.74, 6) is 1.54. The Hall–Kier alpha value is -6.72. The summed E-state index contributed by atoms with van der Waals surface area (Å²) in [7, 11) is 0. The molecule has 0 fully saturated rings. The van der Waals surface area contributed by atoms with Crippen molar-refractivity contribution in [3.63, 3.8) is 0 Å². The Morgan fingerprint density at radius 1 is 0.491 bits per heavy atom. The lowest BCUT2D eigenvalue weighted by Gasteiger charge is -2.26. The molecule has 2 heterocycles. The summed E-state index contributed by atoms with van der Waals surface area (Å²) in [6.45, 7) is 2.22. The van der Waals surface area contributed by atoms with Gasteiger partial charge in [0.25, 0.3) is 0 Å². The second-order valence-electron chi connectivity index (χ2n) is 13.5. The molecule has 9 rings (SSSR count). The number of amidine groups is 2. The van der Waals surface area contributed by atoms with Gasteiger partial charge in [-0.05, 0) is 75.7 Å². The summed E-state index contributed by atoms with van der Waals surface area (Å²) >= 11 is 0. The molecule has 0 bridgehead atoms. The molecule has 7 aromatic carbocycles. The number of nitrogens with one attached hydrogen (secondary N) is 2. The smallest absolute Gasteiger partial charge is 0.159 e. The first-order chi connectivity index (χ1) is 26.2. The van der Waals surface area contributed by atoms with Crippen molar-refractivity contribution in [2.45, 2.75) is 25.7 Å². The van der Waals surface area contributed by atoms with Gasteiger partial charge in [0.05, 0.1) is 11.4 Å². The van der Waals surface area contributed by atoms with Gasteiger partial charge in [-0.2, -0.15) is 0 Å². The maximum atomic E-state index is 4.97. The first-order valence-corrected chi connectivity index (χ1v) is 18.3. The number of nitrogens with zero attached hydrogens (tertiary/aromatic N) is 3. The zero-order valence-corrected chi connectivity index (χ0v) is 29.5. The fourth-order valence-corrected chi connectivity index (χ4v) is 7.31. The van der Waals surface area contributed by atoms with Crippen LogP contribution in [0.3, 0.4) is 0 Å². The van der Waals surface area contributed by atoms with E-state index in [1.54, 1.807) is 0 Å². The molecule has 2 atom stereocenters. The van der Waals surface area contributed by atoms with Crippen molar-refractivity contribution in [3.05, 3.63) is 199 Å². The van der Waals surface area contributed by atoms with Crippen LogP contribution in [0.1, 0.15) is 36.2 Å². The van der Waals surface area contributed by atoms with Gasteiger partial charge in [-0.25, -0.2) is 9.98 Å². The molecular weight excluding hydrogens is 647 g/mol. The van der Waals surface area contributed by atoms with Crippen molar-refractivity contribution in [2.75, 3.05) is 10.2 Å². The molecule has 7 aromatic rings. The zero-order chi connectivity index (χ0) is 35.6. The van der Waals surface area contributed by atoms with Gasteiger partial charge < -0.3 is 15.5 Å². The Balaban J connectivity index is 0.928. The molecule has 2 unspecified atom stereocenters. The Morgan fingerprint density at radius 3 is 1.66 bits per heavy atom. The van der Waals surface area contributed by atoms with Gasteiger partial charge in [0.2, 0.25) is 0 Å². The maximum absolute atomic E-state index is 4.97. The number of aliphatic imine (C=N–C) groups is 2. The molecule has 0 radical (unpaired) electrons. The highest BCUT2D eigenvalue weighted by Crippen LogP contribution is 2.41. The molecular formula is C48H39N5. The van der Waals surface area contributed by atoms with Crippen LogP contribution in [-0.2, 0) is 0 Å². The van der Waals surface area contributed by atoms with E-state index in [1.165, 1.54) is 44.9 Å². The van der Waals surface area contributed by atoms with Crippen molar-refractivity contribution >= 4 is 28.7 Å². The summed E-state index contributed by atoms with van der Waals surface area (Å²) in [4.78, 5) is 12.3. The predicted molar refractivity (Wildman–Crippen MR) is 221 cm³/mol. The topological polar surface area (TPSA) is 52.0 Å². The first-order valence-electron chi connectivity index (χ1n) is 18.3. The zero-order valence-electron chi connectivity index (χ0n) is 29.5. The van der Waals surface area contributed by atoms with E-state index in [4.69, 9.17) is 9.98 Å². The minimum Gasteiger partial charge on any atom is -0.363 e. The largest absolute Gasteiger partial charge is 0.363 e. The number of rotatable bonds is 8. The SMILES string of the molecule is CCC1Nc2ccccc2N1c1ccc(-c2ccc(-c3cccc(-c4ccc(C5=NC(c6ccccc6)=NC(c6ccccc6)N5)cc4)c3)cc2)cc1. The Bertz CT molecular complexity index is 2420. The molecule has 0 saturated heterocycles. The number of anilines is 3. The van der Waals surface area contributed by atoms with Gasteiger partial charge >= 0.3 is 0 Å². The molecule has 0 saturated carbocycles. The summed E-state index contributed by atoms with van der Waals surface area (Å²) in [6, 6.07) is 64.3. The third-order valence-electron chi connectivity index (χ3n) is 10.1. The van der Waals surface area contributed by atoms with Crippen LogP contribution in [-0.4, -0.2) is 17.8 Å². The summed E-state index contributed by atoms with van der Waals surface area (Å²) in [5.41, 5.74) is 13.8. The minimum absolute atomic E-state index is 0.222. The van der Waals surface area contributed by atoms with Gasteiger partial charge in [-0.1, -0.05) is 159 Å². The van der Waals surface area contributed by atoms with Crippen molar-refractivity contribution < 1.29 is 0 Å². The lowest BCUT2D eigenvalue weighted by Crippen LogP contribution is -2.33. The van der Waals surface area contributed by atoms with Gasteiger partial charge in [0, 0.05) is 16.8 Å². The molecule has 53 heavy (non-hydrogen) atoms. The molecule has 0 aliphatic carbocycles. The van der Waals surface area contributed by atoms with E-state index in [0.717, 1.165) is 40.3 Å². The molecule has 0 amide bonds. The van der Waals surface area contributed by atoms with Crippen molar-refractivity contribution in [3.8, 4) is 33.4 Å². The number of fused-ring (bicyclic) bond motifs is 1. The van der Waals surface area contributed by atoms with Crippen LogP contribution >= 0.6 is 0 Å². The highest BCUT2D eigenvalue weighted by molar-refractivity contribution is 6.13. The second kappa shape index (κ2) is 14.1. The van der Waals surface area contributed by atoms with E-state index in [-0.39, 0.29) is 12.3 Å². The van der Waals surface area contributed by atoms with Gasteiger partial charge in [0.15, 0.2) is 5.84 Å². The monoisotopic (exact) mass is 685 g/mol. The van der Waals surface area contributed by atoms with E-state index in [9.17, 15) is 0 Å². The van der Waals surface area contributed by atoms with Crippen LogP contribution in [0.25, 0.3) is 33.4 Å². The second-order valence-corrected chi connectivity index (χ2v) is 13.5. The average Bonchev–Trinajstić information content (AvgIpc) is 3.63. The number of hydrogen-bond donors (Lipinski definition) is 2. The lowest BCUT2D eigenvalue weighted by atomic mass is 9.96. The van der Waals surface area contributed by atoms with Crippen LogP contribution in [0.4, 0.5) is 17.1 Å². The molecule has 0 spiro atoms. The van der Waals surface area contributed by atoms with Crippen LogP contribution in [0.2, 0.25) is 0 Å². The third kappa shape index (κ3) is 6.49. The number of benzene rings is 7. The molecule has 2 aliphatic heterocycles. The predicted octanol–water partition coefficient (Wildman–Crippen LogP) is 11.5. The normalized spacial score (nSPS) is 16.2. The highest BCUT2D eigenvalue weighted by Gasteiger charge is 2.28. The van der Waals surface area contributed by atoms with E-state index in [2.05, 4.69) is 168 Å². The van der Waals surface area contributed by atoms with Gasteiger partial charge in [-0.3, -0.25) is 0 Å². The quantitative estimate of drug-likeness (QED) is 0.167. The van der Waals surface area contributed by atoms with Crippen LogP contribution in [0, 0.1) is 0 Å². The summed E-state index contributed by atoms with van der Waals surface area (Å²) < 4.78 is 0. The third-order valence-corrected chi connectivity index (χ3v) is 10.1. The molecule has 2 N–H and O–H groups in total.